The number of carbonyl (C=O) groups is 1. The zero-order valence-electron chi connectivity index (χ0n) is 15.2. The highest BCUT2D eigenvalue weighted by Crippen LogP contribution is 2.48. The third kappa shape index (κ3) is 3.00. The maximum Gasteiger partial charge on any atom is 0.354 e. The van der Waals surface area contributed by atoms with Crippen LogP contribution >= 0.6 is 22.9 Å². The van der Waals surface area contributed by atoms with Crippen molar-refractivity contribution in [1.29, 1.82) is 5.41 Å². The zero-order valence-corrected chi connectivity index (χ0v) is 17.6. The minimum absolute atomic E-state index is 0.0685. The first-order chi connectivity index (χ1) is 13.4. The Balaban J connectivity index is 1.75. The Hall–Kier alpha value is -1.72. The van der Waals surface area contributed by atoms with Crippen molar-refractivity contribution >= 4 is 46.2 Å². The van der Waals surface area contributed by atoms with E-state index in [1.807, 2.05) is 0 Å². The molecule has 3 atom stereocenters. The molecule has 2 aromatic heterocycles. The first-order valence-corrected chi connectivity index (χ1v) is 10.9. The second-order valence-electron chi connectivity index (χ2n) is 6.59. The van der Waals surface area contributed by atoms with E-state index in [4.69, 9.17) is 26.5 Å². The molecule has 2 aromatic rings. The summed E-state index contributed by atoms with van der Waals surface area (Å²) in [6.45, 7) is 0.510. The number of ether oxygens (including phenoxy) is 2. The highest BCUT2D eigenvalue weighted by Gasteiger charge is 2.58. The smallest absolute Gasteiger partial charge is 0.354 e. The summed E-state index contributed by atoms with van der Waals surface area (Å²) >= 11 is 6.51. The van der Waals surface area contributed by atoms with Gasteiger partial charge in [0.15, 0.2) is 5.54 Å². The molecule has 2 aliphatic rings. The maximum absolute atomic E-state index is 12.9. The molecule has 8 nitrogen and oxygen atoms in total. The Kier molecular flexibility index (Phi) is 5.09. The van der Waals surface area contributed by atoms with Gasteiger partial charge in [0.25, 0.3) is 5.44 Å². The van der Waals surface area contributed by atoms with E-state index in [0.29, 0.717) is 23.7 Å². The highest BCUT2D eigenvalue weighted by molar-refractivity contribution is 7.90. The van der Waals surface area contributed by atoms with Crippen LogP contribution in [0.25, 0.3) is 10.6 Å². The average molecular weight is 443 g/mol. The van der Waals surface area contributed by atoms with Crippen molar-refractivity contribution < 1.29 is 18.8 Å². The minimum atomic E-state index is -1.52. The number of methoxy groups -OCH3 is 1. The fourth-order valence-corrected chi connectivity index (χ4v) is 6.65. The summed E-state index contributed by atoms with van der Waals surface area (Å²) in [5.74, 6) is -0.381. The van der Waals surface area contributed by atoms with Gasteiger partial charge in [-0.3, -0.25) is 5.41 Å². The molecule has 150 valence electrons. The number of rotatable bonds is 3. The van der Waals surface area contributed by atoms with Gasteiger partial charge in [0, 0.05) is 0 Å². The van der Waals surface area contributed by atoms with Crippen molar-refractivity contribution in [3.63, 3.8) is 0 Å². The average Bonchev–Trinajstić information content (AvgIpc) is 3.32. The van der Waals surface area contributed by atoms with E-state index in [2.05, 4.69) is 10.3 Å². The van der Waals surface area contributed by atoms with Crippen LogP contribution in [0.1, 0.15) is 28.2 Å². The van der Waals surface area contributed by atoms with Crippen molar-refractivity contribution in [2.24, 2.45) is 0 Å². The number of esters is 1. The summed E-state index contributed by atoms with van der Waals surface area (Å²) < 4.78 is 24.8. The highest BCUT2D eigenvalue weighted by atomic mass is 35.5. The fourth-order valence-electron chi connectivity index (χ4n) is 3.53. The van der Waals surface area contributed by atoms with Crippen molar-refractivity contribution in [2.75, 3.05) is 20.8 Å². The molecular weight excluding hydrogens is 424 g/mol. The molecule has 2 aliphatic heterocycles. The molecule has 3 N–H and O–H groups in total. The lowest BCUT2D eigenvalue weighted by Gasteiger charge is -2.48. The van der Waals surface area contributed by atoms with E-state index >= 15 is 0 Å². The van der Waals surface area contributed by atoms with Crippen LogP contribution in [-0.4, -0.2) is 52.0 Å². The monoisotopic (exact) mass is 442 g/mol. The molecule has 0 aromatic carbocycles. The number of guanidine groups is 1. The quantitative estimate of drug-likeness (QED) is 0.497. The van der Waals surface area contributed by atoms with Gasteiger partial charge in [-0.25, -0.2) is 4.79 Å². The van der Waals surface area contributed by atoms with Gasteiger partial charge in [-0.15, -0.1) is 11.3 Å². The van der Waals surface area contributed by atoms with Gasteiger partial charge in [-0.05, 0) is 31.0 Å². The lowest BCUT2D eigenvalue weighted by Crippen LogP contribution is -2.69. The Bertz CT molecular complexity index is 932. The molecule has 0 bridgehead atoms. The molecular formula is C17H19ClN4O4S2. The number of halogens is 1. The van der Waals surface area contributed by atoms with Crippen LogP contribution in [0, 0.1) is 5.41 Å². The molecule has 28 heavy (non-hydrogen) atoms. The van der Waals surface area contributed by atoms with Crippen molar-refractivity contribution in [3.05, 3.63) is 33.8 Å². The largest absolute Gasteiger partial charge is 0.591 e. The predicted molar refractivity (Wildman–Crippen MR) is 108 cm³/mol. The van der Waals surface area contributed by atoms with Crippen LogP contribution in [0.15, 0.2) is 18.2 Å². The van der Waals surface area contributed by atoms with Gasteiger partial charge in [-0.1, -0.05) is 11.6 Å². The van der Waals surface area contributed by atoms with Crippen molar-refractivity contribution in [3.8, 4) is 10.6 Å². The lowest BCUT2D eigenvalue weighted by atomic mass is 9.90. The van der Waals surface area contributed by atoms with E-state index in [-0.39, 0.29) is 5.96 Å². The van der Waals surface area contributed by atoms with Gasteiger partial charge in [-0.2, -0.15) is 4.31 Å². The van der Waals surface area contributed by atoms with Gasteiger partial charge in [0.2, 0.25) is 5.96 Å². The van der Waals surface area contributed by atoms with Crippen LogP contribution < -0.4 is 5.32 Å². The molecule has 0 spiro atoms. The van der Waals surface area contributed by atoms with Crippen LogP contribution in [0.5, 0.6) is 0 Å². The topological polar surface area (TPSA) is 114 Å². The maximum atomic E-state index is 12.9. The summed E-state index contributed by atoms with van der Waals surface area (Å²) in [7, 11) is 2.92. The summed E-state index contributed by atoms with van der Waals surface area (Å²) in [5.41, 5.74) is -0.392. The molecule has 4 heterocycles. The van der Waals surface area contributed by atoms with E-state index in [9.17, 15) is 9.35 Å². The third-order valence-electron chi connectivity index (χ3n) is 4.95. The van der Waals surface area contributed by atoms with Gasteiger partial charge in [0.05, 0.1) is 41.2 Å². The van der Waals surface area contributed by atoms with Crippen LogP contribution in [0.3, 0.4) is 0 Å². The fraction of sp³-hybridized carbons (Fsp3) is 0.412. The van der Waals surface area contributed by atoms with Gasteiger partial charge < -0.3 is 24.3 Å². The summed E-state index contributed by atoms with van der Waals surface area (Å²) in [4.78, 5) is 16.3. The summed E-state index contributed by atoms with van der Waals surface area (Å²) in [5, 5.41) is 11.9. The van der Waals surface area contributed by atoms with Crippen molar-refractivity contribution in [2.45, 2.75) is 23.8 Å². The third-order valence-corrected chi connectivity index (χ3v) is 8.33. The zero-order chi connectivity index (χ0) is 20.1. The first-order valence-electron chi connectivity index (χ1n) is 8.57. The predicted octanol–water partition coefficient (Wildman–Crippen LogP) is 2.65. The summed E-state index contributed by atoms with van der Waals surface area (Å²) in [6, 6.07) is 5.24. The second kappa shape index (κ2) is 7.27. The number of fused-ring (bicyclic) bond motifs is 1. The molecule has 0 aliphatic carbocycles. The molecule has 0 saturated carbocycles. The molecule has 0 amide bonds. The van der Waals surface area contributed by atoms with Gasteiger partial charge >= 0.3 is 5.97 Å². The van der Waals surface area contributed by atoms with E-state index in [1.165, 1.54) is 22.8 Å². The van der Waals surface area contributed by atoms with E-state index < -0.39 is 28.3 Å². The molecule has 2 saturated heterocycles. The normalized spacial score (nSPS) is 27.3. The number of carbonyl (C=O) groups excluding carboxylic acids is 1. The first kappa shape index (κ1) is 19.6. The number of aromatic amines is 1. The molecule has 2 fully saturated rings. The summed E-state index contributed by atoms with van der Waals surface area (Å²) in [6.07, 6.45) is 1.41. The standard InChI is InChI=1S/C17H19ClN4O4S2/c1-22-16(19)21-17(6-3-7-26-15(17)28(22)24)13-9(18)8-12(27-13)10-4-5-11(20-10)14(23)25-2/h4-5,8,15,20H,3,6-7H2,1-2H3,(H2,19,21)/t15?,17-,28?/m1/s1. The van der Waals surface area contributed by atoms with E-state index in [0.717, 1.165) is 21.9 Å². The Morgan fingerprint density at radius 3 is 3.11 bits per heavy atom. The van der Waals surface area contributed by atoms with Crippen LogP contribution in [0.2, 0.25) is 5.02 Å². The van der Waals surface area contributed by atoms with Crippen LogP contribution in [-0.2, 0) is 26.4 Å². The Morgan fingerprint density at radius 1 is 1.57 bits per heavy atom. The molecule has 2 unspecified atom stereocenters. The van der Waals surface area contributed by atoms with Crippen LogP contribution in [0.4, 0.5) is 0 Å². The lowest BCUT2D eigenvalue weighted by molar-refractivity contribution is -0.00912. The SMILES string of the molecule is COC(=O)c1ccc(-c2cc(Cl)c([C@]34CCCOC3[S+]([O-])N(C)C(=N)N4)s2)[nH]1. The number of thiophene rings is 1. The molecule has 0 radical (unpaired) electrons. The van der Waals surface area contributed by atoms with E-state index in [1.54, 1.807) is 25.2 Å². The number of hydrogen-bond acceptors (Lipinski definition) is 6. The van der Waals surface area contributed by atoms with Gasteiger partial charge in [0.1, 0.15) is 17.1 Å². The second-order valence-corrected chi connectivity index (χ2v) is 9.58. The Morgan fingerprint density at radius 2 is 2.36 bits per heavy atom. The number of nitrogens with one attached hydrogen (secondary N) is 3. The number of H-pyrrole nitrogens is 1. The molecule has 11 heteroatoms. The number of nitrogens with zero attached hydrogens (tertiary/aromatic N) is 1. The number of hydrogen-bond donors (Lipinski definition) is 3. The molecule has 4 rings (SSSR count). The Labute approximate surface area is 174 Å². The van der Waals surface area contributed by atoms with Crippen molar-refractivity contribution in [1.82, 2.24) is 14.6 Å². The number of aromatic nitrogens is 1. The minimum Gasteiger partial charge on any atom is -0.591 e.